The third kappa shape index (κ3) is 6.30. The van der Waals surface area contributed by atoms with Crippen LogP contribution in [-0.2, 0) is 4.79 Å². The fourth-order valence-electron chi connectivity index (χ4n) is 4.63. The molecule has 1 atom stereocenters. The van der Waals surface area contributed by atoms with Gasteiger partial charge < -0.3 is 5.32 Å². The van der Waals surface area contributed by atoms with Crippen molar-refractivity contribution < 1.29 is 14.4 Å². The number of nitrogens with zero attached hydrogens (tertiary/aromatic N) is 1. The number of hydrogen-bond donors (Lipinski definition) is 1. The molecule has 1 aliphatic rings. The number of imide groups is 1. The number of amides is 3. The zero-order chi connectivity index (χ0) is 25.3. The Balaban J connectivity index is 1.15. The van der Waals surface area contributed by atoms with Crippen molar-refractivity contribution in [3.63, 3.8) is 0 Å². The Bertz CT molecular complexity index is 1180. The van der Waals surface area contributed by atoms with Crippen molar-refractivity contribution >= 4 is 33.7 Å². The average molecular weight is 547 g/mol. The summed E-state index contributed by atoms with van der Waals surface area (Å²) in [5.41, 5.74) is 3.11. The van der Waals surface area contributed by atoms with Gasteiger partial charge in [0.2, 0.25) is 5.91 Å². The van der Waals surface area contributed by atoms with Crippen LogP contribution in [0.25, 0.3) is 0 Å². The molecule has 0 aromatic heterocycles. The number of halogens is 1. The molecular formula is C30H31BrN2O3. The van der Waals surface area contributed by atoms with Crippen molar-refractivity contribution in [3.05, 3.63) is 106 Å². The van der Waals surface area contributed by atoms with Crippen molar-refractivity contribution in [1.82, 2.24) is 10.2 Å². The fraction of sp³-hybridized carbons (Fsp3) is 0.300. The van der Waals surface area contributed by atoms with Gasteiger partial charge in [-0.2, -0.15) is 0 Å². The molecular weight excluding hydrogens is 516 g/mol. The first-order valence-corrected chi connectivity index (χ1v) is 13.4. The van der Waals surface area contributed by atoms with Crippen LogP contribution in [0.1, 0.15) is 82.8 Å². The second kappa shape index (κ2) is 12.6. The molecule has 0 bridgehead atoms. The molecule has 36 heavy (non-hydrogen) atoms. The lowest BCUT2D eigenvalue weighted by molar-refractivity contribution is -0.121. The standard InChI is InChI=1S/C30H31BrN2O3/c31-26-19-12-11-18-25(26)28(22-14-6-5-7-15-22)32-27(34)20-8-3-1-2-4-13-21-33-29(35)23-16-9-10-17-24(23)30(33)36/h5-7,9-12,14-19,28H,1-4,8,13,20-21H2,(H,32,34)/t28-/m1/s1. The van der Waals surface area contributed by atoms with Crippen LogP contribution in [0, 0.1) is 0 Å². The van der Waals surface area contributed by atoms with E-state index in [0.29, 0.717) is 24.1 Å². The lowest BCUT2D eigenvalue weighted by Crippen LogP contribution is -2.30. The molecule has 186 valence electrons. The van der Waals surface area contributed by atoms with E-state index in [-0.39, 0.29) is 23.8 Å². The van der Waals surface area contributed by atoms with Crippen LogP contribution in [-0.4, -0.2) is 29.2 Å². The monoisotopic (exact) mass is 546 g/mol. The maximum Gasteiger partial charge on any atom is 0.261 e. The molecule has 3 amide bonds. The highest BCUT2D eigenvalue weighted by Gasteiger charge is 2.34. The van der Waals surface area contributed by atoms with E-state index in [2.05, 4.69) is 21.2 Å². The summed E-state index contributed by atoms with van der Waals surface area (Å²) < 4.78 is 0.973. The molecule has 1 aliphatic heterocycles. The summed E-state index contributed by atoms with van der Waals surface area (Å²) in [6.07, 6.45) is 6.11. The molecule has 0 saturated carbocycles. The minimum atomic E-state index is -0.198. The van der Waals surface area contributed by atoms with E-state index in [4.69, 9.17) is 0 Å². The van der Waals surface area contributed by atoms with E-state index in [0.717, 1.165) is 54.1 Å². The van der Waals surface area contributed by atoms with Crippen molar-refractivity contribution in [1.29, 1.82) is 0 Å². The molecule has 0 fully saturated rings. The van der Waals surface area contributed by atoms with Gasteiger partial charge in [-0.15, -0.1) is 0 Å². The Labute approximate surface area is 221 Å². The van der Waals surface area contributed by atoms with Gasteiger partial charge in [-0.1, -0.05) is 102 Å². The van der Waals surface area contributed by atoms with E-state index in [1.54, 1.807) is 24.3 Å². The van der Waals surface area contributed by atoms with Gasteiger partial charge in [0.15, 0.2) is 0 Å². The minimum Gasteiger partial charge on any atom is -0.345 e. The van der Waals surface area contributed by atoms with Gasteiger partial charge in [-0.3, -0.25) is 19.3 Å². The summed E-state index contributed by atoms with van der Waals surface area (Å²) in [6.45, 7) is 0.463. The van der Waals surface area contributed by atoms with Crippen molar-refractivity contribution in [3.8, 4) is 0 Å². The van der Waals surface area contributed by atoms with Gasteiger partial charge in [-0.05, 0) is 42.2 Å². The van der Waals surface area contributed by atoms with Crippen molar-refractivity contribution in [2.75, 3.05) is 6.54 Å². The van der Waals surface area contributed by atoms with Crippen LogP contribution in [0.5, 0.6) is 0 Å². The predicted molar refractivity (Wildman–Crippen MR) is 145 cm³/mol. The Hall–Kier alpha value is -3.25. The lowest BCUT2D eigenvalue weighted by atomic mass is 9.98. The first-order chi connectivity index (χ1) is 17.6. The van der Waals surface area contributed by atoms with Crippen molar-refractivity contribution in [2.24, 2.45) is 0 Å². The lowest BCUT2D eigenvalue weighted by Gasteiger charge is -2.21. The summed E-state index contributed by atoms with van der Waals surface area (Å²) in [5.74, 6) is -0.318. The Morgan fingerprint density at radius 1 is 0.722 bits per heavy atom. The Kier molecular flexibility index (Phi) is 9.06. The molecule has 3 aromatic rings. The summed E-state index contributed by atoms with van der Waals surface area (Å²) in [6, 6.07) is 24.8. The van der Waals surface area contributed by atoms with Gasteiger partial charge in [0.25, 0.3) is 11.8 Å². The molecule has 0 saturated heterocycles. The smallest absolute Gasteiger partial charge is 0.261 e. The van der Waals surface area contributed by atoms with Gasteiger partial charge in [0.1, 0.15) is 0 Å². The van der Waals surface area contributed by atoms with Crippen LogP contribution >= 0.6 is 15.9 Å². The first kappa shape index (κ1) is 25.8. The van der Waals surface area contributed by atoms with E-state index in [1.807, 2.05) is 54.6 Å². The number of nitrogens with one attached hydrogen (secondary N) is 1. The molecule has 0 spiro atoms. The summed E-state index contributed by atoms with van der Waals surface area (Å²) in [4.78, 5) is 39.0. The number of carbonyl (C=O) groups excluding carboxylic acids is 3. The first-order valence-electron chi connectivity index (χ1n) is 12.6. The zero-order valence-corrected chi connectivity index (χ0v) is 21.9. The molecule has 3 aromatic carbocycles. The van der Waals surface area contributed by atoms with E-state index in [9.17, 15) is 14.4 Å². The molecule has 0 unspecified atom stereocenters. The van der Waals surface area contributed by atoms with Crippen LogP contribution in [0.4, 0.5) is 0 Å². The van der Waals surface area contributed by atoms with E-state index in [1.165, 1.54) is 4.90 Å². The zero-order valence-electron chi connectivity index (χ0n) is 20.3. The van der Waals surface area contributed by atoms with Crippen LogP contribution in [0.15, 0.2) is 83.3 Å². The Morgan fingerprint density at radius 3 is 1.94 bits per heavy atom. The van der Waals surface area contributed by atoms with E-state index < -0.39 is 0 Å². The second-order valence-corrected chi connectivity index (χ2v) is 9.97. The highest BCUT2D eigenvalue weighted by molar-refractivity contribution is 9.10. The second-order valence-electron chi connectivity index (χ2n) is 9.11. The third-order valence-electron chi connectivity index (χ3n) is 6.57. The molecule has 0 aliphatic carbocycles. The average Bonchev–Trinajstić information content (AvgIpc) is 3.14. The molecule has 5 nitrogen and oxygen atoms in total. The normalized spacial score (nSPS) is 13.5. The highest BCUT2D eigenvalue weighted by atomic mass is 79.9. The minimum absolute atomic E-state index is 0.0465. The molecule has 4 rings (SSSR count). The summed E-state index contributed by atoms with van der Waals surface area (Å²) in [5, 5.41) is 3.21. The van der Waals surface area contributed by atoms with E-state index >= 15 is 0 Å². The topological polar surface area (TPSA) is 66.5 Å². The third-order valence-corrected chi connectivity index (χ3v) is 7.29. The highest BCUT2D eigenvalue weighted by Crippen LogP contribution is 2.29. The molecule has 1 N–H and O–H groups in total. The largest absolute Gasteiger partial charge is 0.345 e. The van der Waals surface area contributed by atoms with Crippen LogP contribution in [0.3, 0.4) is 0 Å². The summed E-state index contributed by atoms with van der Waals surface area (Å²) in [7, 11) is 0. The van der Waals surface area contributed by atoms with Crippen molar-refractivity contribution in [2.45, 2.75) is 51.0 Å². The number of fused-ring (bicyclic) bond motifs is 1. The van der Waals surface area contributed by atoms with Gasteiger partial charge in [-0.25, -0.2) is 0 Å². The fourth-order valence-corrected chi connectivity index (χ4v) is 5.15. The molecule has 1 heterocycles. The number of benzene rings is 3. The van der Waals surface area contributed by atoms with Gasteiger partial charge in [0, 0.05) is 17.4 Å². The quantitative estimate of drug-likeness (QED) is 0.203. The number of unbranched alkanes of at least 4 members (excludes halogenated alkanes) is 5. The van der Waals surface area contributed by atoms with Crippen LogP contribution < -0.4 is 5.32 Å². The Morgan fingerprint density at radius 2 is 1.28 bits per heavy atom. The van der Waals surface area contributed by atoms with Gasteiger partial charge in [0.05, 0.1) is 17.2 Å². The maximum absolute atomic E-state index is 12.8. The van der Waals surface area contributed by atoms with Gasteiger partial charge >= 0.3 is 0 Å². The number of carbonyl (C=O) groups is 3. The molecule has 6 heteroatoms. The summed E-state index contributed by atoms with van der Waals surface area (Å²) >= 11 is 3.62. The number of rotatable bonds is 12. The molecule has 0 radical (unpaired) electrons. The SMILES string of the molecule is O=C(CCCCCCCCN1C(=O)c2ccccc2C1=O)N[C@H](c1ccccc1)c1ccccc1Br. The predicted octanol–water partition coefficient (Wildman–Crippen LogP) is 6.68. The van der Waals surface area contributed by atoms with Crippen LogP contribution in [0.2, 0.25) is 0 Å². The number of hydrogen-bond acceptors (Lipinski definition) is 3. The maximum atomic E-state index is 12.8.